The van der Waals surface area contributed by atoms with Crippen LogP contribution in [0.25, 0.3) is 0 Å². The highest BCUT2D eigenvalue weighted by atomic mass is 16.7. The minimum absolute atomic E-state index is 0.187. The molecule has 0 saturated carbocycles. The number of likely N-dealkylation sites (N-methyl/N-ethyl adjacent to an activating group) is 1. The summed E-state index contributed by atoms with van der Waals surface area (Å²) in [6.07, 6.45) is 1.23. The van der Waals surface area contributed by atoms with Gasteiger partial charge in [-0.2, -0.15) is 0 Å². The molecule has 1 aliphatic carbocycles. The van der Waals surface area contributed by atoms with Gasteiger partial charge in [0.2, 0.25) is 12.7 Å². The first-order valence-corrected chi connectivity index (χ1v) is 10.4. The predicted molar refractivity (Wildman–Crippen MR) is 110 cm³/mol. The maximum Gasteiger partial charge on any atom is 0.325 e. The molecule has 1 N–H and O–H groups in total. The Kier molecular flexibility index (Phi) is 4.57. The molecule has 2 aliphatic heterocycles. The maximum absolute atomic E-state index is 13.3. The highest BCUT2D eigenvalue weighted by Crippen LogP contribution is 2.41. The zero-order chi connectivity index (χ0) is 21.6. The summed E-state index contributed by atoms with van der Waals surface area (Å²) in [6.45, 7) is 2.57. The Balaban J connectivity index is 1.31. The number of hydrogen-bond acceptors (Lipinski definition) is 5. The quantitative estimate of drug-likeness (QED) is 0.748. The molecule has 2 aromatic carbocycles. The Morgan fingerprint density at radius 2 is 1.97 bits per heavy atom. The summed E-state index contributed by atoms with van der Waals surface area (Å²) >= 11 is 0. The van der Waals surface area contributed by atoms with Crippen molar-refractivity contribution in [2.45, 2.75) is 31.8 Å². The van der Waals surface area contributed by atoms with E-state index in [0.717, 1.165) is 28.0 Å². The van der Waals surface area contributed by atoms with Crippen LogP contribution in [0.2, 0.25) is 0 Å². The summed E-state index contributed by atoms with van der Waals surface area (Å²) < 4.78 is 10.7. The van der Waals surface area contributed by atoms with Crippen LogP contribution in [-0.2, 0) is 28.1 Å². The van der Waals surface area contributed by atoms with Crippen LogP contribution in [-0.4, -0.2) is 47.5 Å². The van der Waals surface area contributed by atoms with E-state index >= 15 is 0 Å². The van der Waals surface area contributed by atoms with Crippen LogP contribution in [0.1, 0.15) is 30.0 Å². The zero-order valence-corrected chi connectivity index (χ0v) is 17.2. The van der Waals surface area contributed by atoms with Crippen LogP contribution in [0, 0.1) is 0 Å². The monoisotopic (exact) mass is 421 g/mol. The first kappa shape index (κ1) is 19.4. The lowest BCUT2D eigenvalue weighted by molar-refractivity contribution is -0.139. The van der Waals surface area contributed by atoms with Gasteiger partial charge in [0, 0.05) is 13.1 Å². The van der Waals surface area contributed by atoms with E-state index < -0.39 is 11.6 Å². The summed E-state index contributed by atoms with van der Waals surface area (Å²) in [5.74, 6) is 0.693. The van der Waals surface area contributed by atoms with Gasteiger partial charge in [-0.15, -0.1) is 0 Å². The molecule has 5 rings (SSSR count). The van der Waals surface area contributed by atoms with Crippen LogP contribution in [0.3, 0.4) is 0 Å². The molecule has 1 spiro atoms. The van der Waals surface area contributed by atoms with E-state index in [0.29, 0.717) is 31.0 Å². The number of nitrogens with zero attached hydrogens (tertiary/aromatic N) is 2. The lowest BCUT2D eigenvalue weighted by Gasteiger charge is -2.25. The van der Waals surface area contributed by atoms with Crippen molar-refractivity contribution in [3.63, 3.8) is 0 Å². The first-order chi connectivity index (χ1) is 15.0. The number of imide groups is 1. The number of carbonyl (C=O) groups is 3. The fourth-order valence-electron chi connectivity index (χ4n) is 4.60. The number of fused-ring (bicyclic) bond motifs is 3. The van der Waals surface area contributed by atoms with E-state index in [4.69, 9.17) is 9.47 Å². The zero-order valence-electron chi connectivity index (χ0n) is 17.2. The summed E-state index contributed by atoms with van der Waals surface area (Å²) in [5.41, 5.74) is 1.72. The van der Waals surface area contributed by atoms with Crippen molar-refractivity contribution in [3.8, 4) is 11.5 Å². The topological polar surface area (TPSA) is 88.2 Å². The van der Waals surface area contributed by atoms with Crippen molar-refractivity contribution in [2.75, 3.05) is 19.9 Å². The minimum atomic E-state index is -1.05. The van der Waals surface area contributed by atoms with Gasteiger partial charge in [-0.25, -0.2) is 4.79 Å². The van der Waals surface area contributed by atoms with Gasteiger partial charge < -0.3 is 19.7 Å². The molecule has 0 bridgehead atoms. The van der Waals surface area contributed by atoms with Gasteiger partial charge in [0.05, 0.1) is 0 Å². The van der Waals surface area contributed by atoms with Crippen LogP contribution in [0.15, 0.2) is 42.5 Å². The molecule has 1 saturated heterocycles. The highest BCUT2D eigenvalue weighted by molar-refractivity contribution is 6.09. The summed E-state index contributed by atoms with van der Waals surface area (Å²) in [5, 5.41) is 2.86. The van der Waals surface area contributed by atoms with E-state index in [9.17, 15) is 14.4 Å². The van der Waals surface area contributed by atoms with Crippen LogP contribution in [0.5, 0.6) is 11.5 Å². The molecule has 1 fully saturated rings. The van der Waals surface area contributed by atoms with Crippen molar-refractivity contribution in [3.05, 3.63) is 59.2 Å². The number of benzene rings is 2. The maximum atomic E-state index is 13.3. The predicted octanol–water partition coefficient (Wildman–Crippen LogP) is 2.16. The molecular weight excluding hydrogens is 398 g/mol. The van der Waals surface area contributed by atoms with Gasteiger partial charge in [0.1, 0.15) is 12.1 Å². The Morgan fingerprint density at radius 1 is 1.16 bits per heavy atom. The summed E-state index contributed by atoms with van der Waals surface area (Å²) in [6, 6.07) is 12.7. The molecule has 1 atom stereocenters. The third-order valence-electron chi connectivity index (χ3n) is 6.26. The molecule has 8 heteroatoms. The average molecular weight is 421 g/mol. The Morgan fingerprint density at radius 3 is 2.81 bits per heavy atom. The lowest BCUT2D eigenvalue weighted by atomic mass is 9.92. The highest BCUT2D eigenvalue weighted by Gasteiger charge is 2.55. The van der Waals surface area contributed by atoms with Crippen LogP contribution < -0.4 is 14.8 Å². The number of urea groups is 1. The second kappa shape index (κ2) is 7.30. The molecular formula is C23H23N3O5. The number of ether oxygens (including phenoxy) is 2. The lowest BCUT2D eigenvalue weighted by Crippen LogP contribution is -2.44. The van der Waals surface area contributed by atoms with Crippen molar-refractivity contribution in [2.24, 2.45) is 0 Å². The normalized spacial score (nSPS) is 20.9. The first-order valence-electron chi connectivity index (χ1n) is 10.4. The Labute approximate surface area is 179 Å². The SMILES string of the molecule is CCN(Cc1ccc2c(c1)OCO2)C(=O)CN1C(=O)NC2(CCc3ccccc32)C1=O. The molecule has 1 unspecified atom stereocenters. The smallest absolute Gasteiger partial charge is 0.325 e. The van der Waals surface area contributed by atoms with E-state index in [-0.39, 0.29) is 25.2 Å². The van der Waals surface area contributed by atoms with E-state index in [2.05, 4.69) is 5.32 Å². The fourth-order valence-corrected chi connectivity index (χ4v) is 4.60. The largest absolute Gasteiger partial charge is 0.454 e. The molecule has 31 heavy (non-hydrogen) atoms. The molecule has 0 radical (unpaired) electrons. The standard InChI is InChI=1S/C23H23N3O5/c1-2-25(12-15-7-8-18-19(11-15)31-14-30-18)20(27)13-26-21(28)23(24-22(26)29)10-9-16-5-3-4-6-17(16)23/h3-8,11H,2,9-10,12-14H2,1H3,(H,24,29). The van der Waals surface area contributed by atoms with Gasteiger partial charge in [-0.1, -0.05) is 30.3 Å². The third kappa shape index (κ3) is 3.10. The second-order valence-electron chi connectivity index (χ2n) is 7.98. The molecule has 2 heterocycles. The van der Waals surface area contributed by atoms with Gasteiger partial charge in [-0.05, 0) is 48.6 Å². The fraction of sp³-hybridized carbons (Fsp3) is 0.348. The van der Waals surface area contributed by atoms with Gasteiger partial charge in [-0.3, -0.25) is 14.5 Å². The number of rotatable bonds is 5. The molecule has 2 aromatic rings. The number of amides is 4. The Hall–Kier alpha value is -3.55. The molecule has 0 aromatic heterocycles. The molecule has 4 amide bonds. The van der Waals surface area contributed by atoms with Crippen molar-refractivity contribution in [1.29, 1.82) is 0 Å². The van der Waals surface area contributed by atoms with Crippen molar-refractivity contribution < 1.29 is 23.9 Å². The molecule has 160 valence electrons. The number of hydrogen-bond donors (Lipinski definition) is 1. The number of carbonyl (C=O) groups excluding carboxylic acids is 3. The Bertz CT molecular complexity index is 1080. The van der Waals surface area contributed by atoms with Gasteiger partial charge in [0.15, 0.2) is 11.5 Å². The number of aryl methyl sites for hydroxylation is 1. The van der Waals surface area contributed by atoms with Crippen molar-refractivity contribution in [1.82, 2.24) is 15.1 Å². The van der Waals surface area contributed by atoms with Crippen molar-refractivity contribution >= 4 is 17.8 Å². The van der Waals surface area contributed by atoms with E-state index in [1.807, 2.05) is 49.4 Å². The van der Waals surface area contributed by atoms with E-state index in [1.54, 1.807) is 4.90 Å². The van der Waals surface area contributed by atoms with Crippen LogP contribution in [0.4, 0.5) is 4.79 Å². The van der Waals surface area contributed by atoms with Gasteiger partial charge in [0.25, 0.3) is 5.91 Å². The molecule has 3 aliphatic rings. The molecule has 8 nitrogen and oxygen atoms in total. The van der Waals surface area contributed by atoms with E-state index in [1.165, 1.54) is 0 Å². The average Bonchev–Trinajstić information content (AvgIpc) is 3.45. The minimum Gasteiger partial charge on any atom is -0.454 e. The number of nitrogens with one attached hydrogen (secondary N) is 1. The summed E-state index contributed by atoms with van der Waals surface area (Å²) in [4.78, 5) is 41.6. The summed E-state index contributed by atoms with van der Waals surface area (Å²) in [7, 11) is 0. The van der Waals surface area contributed by atoms with Gasteiger partial charge >= 0.3 is 6.03 Å². The third-order valence-corrected chi connectivity index (χ3v) is 6.26. The van der Waals surface area contributed by atoms with Crippen LogP contribution >= 0.6 is 0 Å². The second-order valence-corrected chi connectivity index (χ2v) is 7.98.